The minimum atomic E-state index is -0.338. The van der Waals surface area contributed by atoms with Crippen LogP contribution in [-0.4, -0.2) is 5.11 Å². The first kappa shape index (κ1) is 10.8. The van der Waals surface area contributed by atoms with Gasteiger partial charge in [-0.1, -0.05) is 30.3 Å². The molecule has 0 saturated heterocycles. The molecule has 0 aliphatic rings. The van der Waals surface area contributed by atoms with Gasteiger partial charge in [0.2, 0.25) is 0 Å². The Kier molecular flexibility index (Phi) is 4.82. The van der Waals surface area contributed by atoms with Gasteiger partial charge in [-0.2, -0.15) is 0 Å². The molecule has 1 heteroatoms. The Hall–Kier alpha value is -1.26. The number of hydrogen-bond donors (Lipinski definition) is 1. The predicted molar refractivity (Wildman–Crippen MR) is 58.7 cm³/mol. The van der Waals surface area contributed by atoms with E-state index in [4.69, 9.17) is 0 Å². The molecule has 0 amide bonds. The monoisotopic (exact) mass is 188 g/mol. The molecule has 14 heavy (non-hydrogen) atoms. The van der Waals surface area contributed by atoms with Crippen molar-refractivity contribution in [3.63, 3.8) is 0 Å². The quantitative estimate of drug-likeness (QED) is 0.569. The number of benzene rings is 1. The van der Waals surface area contributed by atoms with Crippen molar-refractivity contribution >= 4 is 0 Å². The molecule has 1 rings (SSSR count). The van der Waals surface area contributed by atoms with E-state index in [1.54, 1.807) is 0 Å². The highest BCUT2D eigenvalue weighted by atomic mass is 16.3. The van der Waals surface area contributed by atoms with Crippen LogP contribution in [0.4, 0.5) is 0 Å². The van der Waals surface area contributed by atoms with E-state index in [-0.39, 0.29) is 6.10 Å². The minimum Gasteiger partial charge on any atom is -0.388 e. The van der Waals surface area contributed by atoms with Crippen LogP contribution in [0.1, 0.15) is 37.9 Å². The maximum absolute atomic E-state index is 9.77. The van der Waals surface area contributed by atoms with Crippen LogP contribution in [0.5, 0.6) is 0 Å². The lowest BCUT2D eigenvalue weighted by Gasteiger charge is -2.08. The van der Waals surface area contributed by atoms with Gasteiger partial charge in [0.25, 0.3) is 0 Å². The van der Waals surface area contributed by atoms with Gasteiger partial charge in [-0.3, -0.25) is 0 Å². The van der Waals surface area contributed by atoms with E-state index in [0.717, 1.165) is 24.8 Å². The summed E-state index contributed by atoms with van der Waals surface area (Å²) < 4.78 is 0. The third kappa shape index (κ3) is 3.64. The molecule has 1 nitrogen and oxygen atoms in total. The Morgan fingerprint density at radius 3 is 2.64 bits per heavy atom. The molecular formula is C13H16O. The van der Waals surface area contributed by atoms with E-state index >= 15 is 0 Å². The Bertz CT molecular complexity index is 305. The van der Waals surface area contributed by atoms with Gasteiger partial charge in [-0.05, 0) is 25.3 Å². The Labute approximate surface area is 85.8 Å². The molecule has 0 radical (unpaired) electrons. The zero-order valence-corrected chi connectivity index (χ0v) is 8.53. The van der Waals surface area contributed by atoms with E-state index in [0.29, 0.717) is 0 Å². The molecule has 0 heterocycles. The van der Waals surface area contributed by atoms with Crippen LogP contribution in [0.3, 0.4) is 0 Å². The van der Waals surface area contributed by atoms with Crippen molar-refractivity contribution in [1.82, 2.24) is 0 Å². The fraction of sp³-hybridized carbons (Fsp3) is 0.385. The first-order valence-corrected chi connectivity index (χ1v) is 4.97. The van der Waals surface area contributed by atoms with Crippen molar-refractivity contribution < 1.29 is 5.11 Å². The van der Waals surface area contributed by atoms with Crippen molar-refractivity contribution in [2.75, 3.05) is 0 Å². The second kappa shape index (κ2) is 6.23. The standard InChI is InChI=1S/C13H16O/c1-2-3-4-8-11-13(14)12-9-6-5-7-10-12/h5-7,9-10,13-14H,4,8,11H2,1H3. The van der Waals surface area contributed by atoms with E-state index in [9.17, 15) is 5.11 Å². The molecule has 0 saturated carbocycles. The van der Waals surface area contributed by atoms with Crippen LogP contribution >= 0.6 is 0 Å². The van der Waals surface area contributed by atoms with Crippen molar-refractivity contribution in [2.24, 2.45) is 0 Å². The van der Waals surface area contributed by atoms with Gasteiger partial charge in [0.15, 0.2) is 0 Å². The highest BCUT2D eigenvalue weighted by Crippen LogP contribution is 2.18. The lowest BCUT2D eigenvalue weighted by molar-refractivity contribution is 0.165. The zero-order chi connectivity index (χ0) is 10.2. The van der Waals surface area contributed by atoms with Crippen molar-refractivity contribution in [2.45, 2.75) is 32.3 Å². The Morgan fingerprint density at radius 1 is 1.29 bits per heavy atom. The van der Waals surface area contributed by atoms with E-state index in [2.05, 4.69) is 11.8 Å². The fourth-order valence-electron chi connectivity index (χ4n) is 1.35. The Morgan fingerprint density at radius 2 is 2.00 bits per heavy atom. The number of rotatable bonds is 4. The molecule has 74 valence electrons. The smallest absolute Gasteiger partial charge is 0.0790 e. The minimum absolute atomic E-state index is 0.338. The third-order valence-corrected chi connectivity index (χ3v) is 2.14. The van der Waals surface area contributed by atoms with Crippen LogP contribution in [-0.2, 0) is 0 Å². The molecule has 0 spiro atoms. The van der Waals surface area contributed by atoms with E-state index < -0.39 is 0 Å². The summed E-state index contributed by atoms with van der Waals surface area (Å²) in [6, 6.07) is 9.76. The Balaban J connectivity index is 2.34. The van der Waals surface area contributed by atoms with Crippen LogP contribution in [0.15, 0.2) is 30.3 Å². The lowest BCUT2D eigenvalue weighted by atomic mass is 10.0. The summed E-state index contributed by atoms with van der Waals surface area (Å²) in [4.78, 5) is 0. The van der Waals surface area contributed by atoms with Crippen molar-refractivity contribution in [3.05, 3.63) is 35.9 Å². The molecule has 1 aromatic carbocycles. The summed E-state index contributed by atoms with van der Waals surface area (Å²) in [6.45, 7) is 1.84. The summed E-state index contributed by atoms with van der Waals surface area (Å²) in [5, 5.41) is 9.77. The molecule has 0 aliphatic carbocycles. The summed E-state index contributed by atoms with van der Waals surface area (Å²) in [7, 11) is 0. The number of unbranched alkanes of at least 4 members (excludes halogenated alkanes) is 1. The summed E-state index contributed by atoms with van der Waals surface area (Å²) in [5.74, 6) is 5.84. The number of aliphatic hydroxyl groups is 1. The molecule has 0 aliphatic heterocycles. The average molecular weight is 188 g/mol. The van der Waals surface area contributed by atoms with Crippen LogP contribution in [0.2, 0.25) is 0 Å². The molecule has 0 fully saturated rings. The van der Waals surface area contributed by atoms with Gasteiger partial charge >= 0.3 is 0 Å². The summed E-state index contributed by atoms with van der Waals surface area (Å²) in [5.41, 5.74) is 0.997. The van der Waals surface area contributed by atoms with E-state index in [1.807, 2.05) is 37.3 Å². The van der Waals surface area contributed by atoms with Crippen molar-refractivity contribution in [1.29, 1.82) is 0 Å². The fourth-order valence-corrected chi connectivity index (χ4v) is 1.35. The summed E-state index contributed by atoms with van der Waals surface area (Å²) >= 11 is 0. The molecule has 0 bridgehead atoms. The van der Waals surface area contributed by atoms with Gasteiger partial charge in [0.05, 0.1) is 6.10 Å². The highest BCUT2D eigenvalue weighted by Gasteiger charge is 2.04. The number of hydrogen-bond acceptors (Lipinski definition) is 1. The van der Waals surface area contributed by atoms with Crippen molar-refractivity contribution in [3.8, 4) is 11.8 Å². The van der Waals surface area contributed by atoms with Crippen LogP contribution in [0, 0.1) is 11.8 Å². The van der Waals surface area contributed by atoms with Crippen LogP contribution in [0.25, 0.3) is 0 Å². The lowest BCUT2D eigenvalue weighted by Crippen LogP contribution is -1.96. The van der Waals surface area contributed by atoms with Crippen LogP contribution < -0.4 is 0 Å². The summed E-state index contributed by atoms with van der Waals surface area (Å²) in [6.07, 6.45) is 2.28. The van der Waals surface area contributed by atoms with Gasteiger partial charge in [0.1, 0.15) is 0 Å². The second-order valence-electron chi connectivity index (χ2n) is 3.25. The molecular weight excluding hydrogens is 172 g/mol. The van der Waals surface area contributed by atoms with Gasteiger partial charge in [-0.25, -0.2) is 0 Å². The predicted octanol–water partition coefficient (Wildman–Crippen LogP) is 2.91. The van der Waals surface area contributed by atoms with Gasteiger partial charge < -0.3 is 5.11 Å². The number of aliphatic hydroxyl groups excluding tert-OH is 1. The highest BCUT2D eigenvalue weighted by molar-refractivity contribution is 5.17. The molecule has 1 N–H and O–H groups in total. The molecule has 1 unspecified atom stereocenters. The normalized spacial score (nSPS) is 11.6. The first-order valence-electron chi connectivity index (χ1n) is 4.97. The van der Waals surface area contributed by atoms with Gasteiger partial charge in [0, 0.05) is 6.42 Å². The maximum Gasteiger partial charge on any atom is 0.0790 e. The molecule has 1 aromatic rings. The van der Waals surface area contributed by atoms with E-state index in [1.165, 1.54) is 0 Å². The SMILES string of the molecule is CC#CCCCC(O)c1ccccc1. The zero-order valence-electron chi connectivity index (χ0n) is 8.53. The third-order valence-electron chi connectivity index (χ3n) is 2.14. The topological polar surface area (TPSA) is 20.2 Å². The largest absolute Gasteiger partial charge is 0.388 e. The molecule has 0 aromatic heterocycles. The first-order chi connectivity index (χ1) is 6.84. The maximum atomic E-state index is 9.77. The van der Waals surface area contributed by atoms with Gasteiger partial charge in [-0.15, -0.1) is 11.8 Å². The molecule has 1 atom stereocenters. The average Bonchev–Trinajstić information content (AvgIpc) is 2.25. The second-order valence-corrected chi connectivity index (χ2v) is 3.25.